The van der Waals surface area contributed by atoms with Gasteiger partial charge in [-0.3, -0.25) is 14.9 Å². The largest absolute Gasteiger partial charge is 0.349 e. The highest BCUT2D eigenvalue weighted by Crippen LogP contribution is 2.21. The van der Waals surface area contributed by atoms with Crippen molar-refractivity contribution in [2.45, 2.75) is 32.2 Å². The molecule has 1 fully saturated rings. The van der Waals surface area contributed by atoms with Gasteiger partial charge in [-0.05, 0) is 38.4 Å². The molecule has 0 aliphatic carbocycles. The number of nitrogens with zero attached hydrogens (tertiary/aromatic N) is 1. The standard InChI is InChI=1S/C14H19N3O3/c1-2-10-3-4-11(9-13(10)17(19)20)14(18)16-12-5-7-15-8-6-12/h3-4,9,12,15H,2,5-8H2,1H3,(H,16,18). The maximum absolute atomic E-state index is 12.1. The van der Waals surface area contributed by atoms with Crippen LogP contribution < -0.4 is 10.6 Å². The van der Waals surface area contributed by atoms with Crippen molar-refractivity contribution in [1.29, 1.82) is 0 Å². The second-order valence-corrected chi connectivity index (χ2v) is 4.95. The Bertz CT molecular complexity index is 510. The van der Waals surface area contributed by atoms with E-state index in [-0.39, 0.29) is 17.6 Å². The predicted molar refractivity (Wildman–Crippen MR) is 75.8 cm³/mol. The molecule has 0 bridgehead atoms. The van der Waals surface area contributed by atoms with E-state index in [4.69, 9.17) is 0 Å². The lowest BCUT2D eigenvalue weighted by atomic mass is 10.0. The second kappa shape index (κ2) is 6.47. The number of carbonyl (C=O) groups excluding carboxylic acids is 1. The number of nitro groups is 1. The smallest absolute Gasteiger partial charge is 0.273 e. The number of amides is 1. The Balaban J connectivity index is 2.13. The molecule has 0 atom stereocenters. The van der Waals surface area contributed by atoms with Crippen molar-refractivity contribution >= 4 is 11.6 Å². The number of benzene rings is 1. The zero-order valence-electron chi connectivity index (χ0n) is 11.5. The number of piperidine rings is 1. The number of rotatable bonds is 4. The molecule has 1 aromatic carbocycles. The first-order valence-electron chi connectivity index (χ1n) is 6.90. The van der Waals surface area contributed by atoms with Crippen molar-refractivity contribution in [2.24, 2.45) is 0 Å². The third kappa shape index (κ3) is 3.33. The molecule has 108 valence electrons. The molecule has 0 unspecified atom stereocenters. The first-order valence-corrected chi connectivity index (χ1v) is 6.90. The van der Waals surface area contributed by atoms with Gasteiger partial charge in [0.15, 0.2) is 0 Å². The first-order chi connectivity index (χ1) is 9.61. The Kier molecular flexibility index (Phi) is 4.68. The van der Waals surface area contributed by atoms with Crippen LogP contribution in [0.5, 0.6) is 0 Å². The van der Waals surface area contributed by atoms with Crippen LogP contribution in [0.3, 0.4) is 0 Å². The molecular formula is C14H19N3O3. The summed E-state index contributed by atoms with van der Waals surface area (Å²) in [6.45, 7) is 3.64. The number of aryl methyl sites for hydroxylation is 1. The molecule has 20 heavy (non-hydrogen) atoms. The van der Waals surface area contributed by atoms with E-state index in [2.05, 4.69) is 10.6 Å². The van der Waals surface area contributed by atoms with E-state index in [1.807, 2.05) is 6.92 Å². The molecule has 1 saturated heterocycles. The van der Waals surface area contributed by atoms with Gasteiger partial charge in [0, 0.05) is 23.2 Å². The molecular weight excluding hydrogens is 258 g/mol. The summed E-state index contributed by atoms with van der Waals surface area (Å²) in [4.78, 5) is 22.7. The van der Waals surface area contributed by atoms with Crippen LogP contribution >= 0.6 is 0 Å². The molecule has 1 heterocycles. The van der Waals surface area contributed by atoms with Crippen LogP contribution in [0.25, 0.3) is 0 Å². The average molecular weight is 277 g/mol. The Morgan fingerprint density at radius 2 is 2.15 bits per heavy atom. The third-order valence-corrected chi connectivity index (χ3v) is 3.60. The summed E-state index contributed by atoms with van der Waals surface area (Å²) in [5, 5.41) is 17.2. The summed E-state index contributed by atoms with van der Waals surface area (Å²) in [6, 6.07) is 4.83. The predicted octanol–water partition coefficient (Wildman–Crippen LogP) is 1.64. The molecule has 0 aromatic heterocycles. The van der Waals surface area contributed by atoms with Crippen LogP contribution in [-0.4, -0.2) is 30.0 Å². The molecule has 1 aliphatic heterocycles. The fourth-order valence-electron chi connectivity index (χ4n) is 2.41. The van der Waals surface area contributed by atoms with Crippen molar-refractivity contribution in [3.63, 3.8) is 0 Å². The molecule has 6 nitrogen and oxygen atoms in total. The Labute approximate surface area is 117 Å². The van der Waals surface area contributed by atoms with Crippen LogP contribution in [-0.2, 0) is 6.42 Å². The van der Waals surface area contributed by atoms with Gasteiger partial charge < -0.3 is 10.6 Å². The summed E-state index contributed by atoms with van der Waals surface area (Å²) in [5.74, 6) is -0.234. The van der Waals surface area contributed by atoms with Crippen LogP contribution in [0, 0.1) is 10.1 Å². The van der Waals surface area contributed by atoms with Crippen molar-refractivity contribution in [1.82, 2.24) is 10.6 Å². The van der Waals surface area contributed by atoms with Gasteiger partial charge in [0.2, 0.25) is 0 Å². The van der Waals surface area contributed by atoms with Gasteiger partial charge in [-0.25, -0.2) is 0 Å². The molecule has 1 amide bonds. The van der Waals surface area contributed by atoms with Gasteiger partial charge in [0.1, 0.15) is 0 Å². The fourth-order valence-corrected chi connectivity index (χ4v) is 2.41. The highest BCUT2D eigenvalue weighted by atomic mass is 16.6. The van der Waals surface area contributed by atoms with E-state index in [0.29, 0.717) is 17.5 Å². The zero-order chi connectivity index (χ0) is 14.5. The summed E-state index contributed by atoms with van der Waals surface area (Å²) >= 11 is 0. The highest BCUT2D eigenvalue weighted by Gasteiger charge is 2.19. The van der Waals surface area contributed by atoms with Gasteiger partial charge in [0.05, 0.1) is 4.92 Å². The van der Waals surface area contributed by atoms with Crippen molar-refractivity contribution in [3.8, 4) is 0 Å². The molecule has 6 heteroatoms. The van der Waals surface area contributed by atoms with Gasteiger partial charge in [-0.2, -0.15) is 0 Å². The van der Waals surface area contributed by atoms with Gasteiger partial charge in [-0.15, -0.1) is 0 Å². The quantitative estimate of drug-likeness (QED) is 0.647. The van der Waals surface area contributed by atoms with Gasteiger partial charge >= 0.3 is 0 Å². The van der Waals surface area contributed by atoms with Crippen LogP contribution in [0.1, 0.15) is 35.7 Å². The van der Waals surface area contributed by atoms with E-state index in [1.165, 1.54) is 6.07 Å². The van der Waals surface area contributed by atoms with Crippen molar-refractivity contribution in [3.05, 3.63) is 39.4 Å². The molecule has 1 aromatic rings. The van der Waals surface area contributed by atoms with E-state index in [9.17, 15) is 14.9 Å². The van der Waals surface area contributed by atoms with Crippen molar-refractivity contribution < 1.29 is 9.72 Å². The lowest BCUT2D eigenvalue weighted by Crippen LogP contribution is -2.42. The number of nitro benzene ring substituents is 1. The van der Waals surface area contributed by atoms with E-state index < -0.39 is 4.92 Å². The number of nitrogens with one attached hydrogen (secondary N) is 2. The molecule has 1 aliphatic rings. The monoisotopic (exact) mass is 277 g/mol. The normalized spacial score (nSPS) is 15.8. The molecule has 0 radical (unpaired) electrons. The Morgan fingerprint density at radius 3 is 2.75 bits per heavy atom. The number of hydrogen-bond acceptors (Lipinski definition) is 4. The van der Waals surface area contributed by atoms with E-state index >= 15 is 0 Å². The highest BCUT2D eigenvalue weighted by molar-refractivity contribution is 5.95. The number of hydrogen-bond donors (Lipinski definition) is 2. The summed E-state index contributed by atoms with van der Waals surface area (Å²) in [7, 11) is 0. The van der Waals surface area contributed by atoms with Crippen LogP contribution in [0.15, 0.2) is 18.2 Å². The van der Waals surface area contributed by atoms with Gasteiger partial charge in [-0.1, -0.05) is 13.0 Å². The minimum absolute atomic E-state index is 0.0189. The maximum Gasteiger partial charge on any atom is 0.273 e. The summed E-state index contributed by atoms with van der Waals surface area (Å²) < 4.78 is 0. The Hall–Kier alpha value is -1.95. The minimum atomic E-state index is -0.430. The molecule has 2 N–H and O–H groups in total. The fraction of sp³-hybridized carbons (Fsp3) is 0.500. The van der Waals surface area contributed by atoms with E-state index in [1.54, 1.807) is 12.1 Å². The van der Waals surface area contributed by atoms with Crippen LogP contribution in [0.4, 0.5) is 5.69 Å². The van der Waals surface area contributed by atoms with E-state index in [0.717, 1.165) is 25.9 Å². The lowest BCUT2D eigenvalue weighted by Gasteiger charge is -2.23. The zero-order valence-corrected chi connectivity index (χ0v) is 11.5. The molecule has 0 spiro atoms. The molecule has 0 saturated carbocycles. The van der Waals surface area contributed by atoms with Crippen molar-refractivity contribution in [2.75, 3.05) is 13.1 Å². The summed E-state index contributed by atoms with van der Waals surface area (Å²) in [5.41, 5.74) is 1.02. The number of carbonyl (C=O) groups is 1. The topological polar surface area (TPSA) is 84.3 Å². The maximum atomic E-state index is 12.1. The SMILES string of the molecule is CCc1ccc(C(=O)NC2CCNCC2)cc1[N+](=O)[O-]. The summed E-state index contributed by atoms with van der Waals surface area (Å²) in [6.07, 6.45) is 2.36. The van der Waals surface area contributed by atoms with Gasteiger partial charge in [0.25, 0.3) is 11.6 Å². The second-order valence-electron chi connectivity index (χ2n) is 4.95. The minimum Gasteiger partial charge on any atom is -0.349 e. The Morgan fingerprint density at radius 1 is 1.45 bits per heavy atom. The lowest BCUT2D eigenvalue weighted by molar-refractivity contribution is -0.385. The first kappa shape index (κ1) is 14.5. The molecule has 2 rings (SSSR count). The van der Waals surface area contributed by atoms with Crippen LogP contribution in [0.2, 0.25) is 0 Å². The average Bonchev–Trinajstić information content (AvgIpc) is 2.47. The third-order valence-electron chi connectivity index (χ3n) is 3.60.